The number of fused-ring (bicyclic) bond motifs is 18. The third-order valence-corrected chi connectivity index (χ3v) is 27.2. The molecule has 18 aromatic rings. The monoisotopic (exact) mass is 1790 g/mol. The molecule has 6 fully saturated rings. The number of H-pyrrole nitrogens is 6. The third-order valence-electron chi connectivity index (χ3n) is 27.2. The molecule has 0 aliphatic carbocycles. The summed E-state index contributed by atoms with van der Waals surface area (Å²) in [4.78, 5) is 108. The van der Waals surface area contributed by atoms with Crippen molar-refractivity contribution in [2.45, 2.75) is 145 Å². The molecule has 692 valence electrons. The summed E-state index contributed by atoms with van der Waals surface area (Å²) in [5, 5.41) is 30.9. The molecule has 18 aromatic heterocycles. The van der Waals surface area contributed by atoms with Crippen LogP contribution in [0.3, 0.4) is 0 Å². The maximum Gasteiger partial charge on any atom is 0.223 e. The molecule has 24 rings (SSSR count). The summed E-state index contributed by atoms with van der Waals surface area (Å²) in [5.74, 6) is 1.93. The Hall–Kier alpha value is -13.5. The van der Waals surface area contributed by atoms with E-state index in [0.717, 1.165) is 276 Å². The van der Waals surface area contributed by atoms with Crippen molar-refractivity contribution in [3.05, 3.63) is 148 Å². The van der Waals surface area contributed by atoms with Crippen LogP contribution in [0.4, 0.5) is 0 Å². The minimum absolute atomic E-state index is 0.198. The largest absolute Gasteiger partial charge is 0.385 e. The van der Waals surface area contributed by atoms with Crippen molar-refractivity contribution < 1.29 is 14.7 Å². The number of piperazine rings is 3. The number of pyridine rings is 6. The van der Waals surface area contributed by atoms with Crippen LogP contribution >= 0.6 is 0 Å². The number of rotatable bonds is 17. The number of aromatic amines is 6. The molecule has 4 atom stereocenters. The average Bonchev–Trinajstić information content (AvgIpc) is 1.59. The van der Waals surface area contributed by atoms with E-state index < -0.39 is 6.10 Å². The second-order valence-electron chi connectivity index (χ2n) is 35.2. The molecule has 6 aliphatic rings. The number of aliphatic hydroxyl groups is 1. The number of hydrogen-bond acceptors (Lipinski definition) is 24. The summed E-state index contributed by atoms with van der Waals surface area (Å²) >= 11 is 0. The molecule has 24 heterocycles. The molecule has 6 saturated heterocycles. The highest BCUT2D eigenvalue weighted by atomic mass is 16.3. The van der Waals surface area contributed by atoms with Crippen molar-refractivity contribution in [2.75, 3.05) is 168 Å². The molecule has 0 radical (unpaired) electrons. The van der Waals surface area contributed by atoms with Crippen LogP contribution in [0.1, 0.15) is 138 Å². The second kappa shape index (κ2) is 38.9. The van der Waals surface area contributed by atoms with Gasteiger partial charge in [-0.05, 0) is 114 Å². The first kappa shape index (κ1) is 87.8. The van der Waals surface area contributed by atoms with Crippen LogP contribution in [0.15, 0.2) is 142 Å². The fourth-order valence-corrected chi connectivity index (χ4v) is 20.1. The molecule has 0 spiro atoms. The molecule has 132 heavy (non-hydrogen) atoms. The van der Waals surface area contributed by atoms with Gasteiger partial charge in [0.2, 0.25) is 11.8 Å². The number of carbonyl (C=O) groups excluding carboxylic acids is 2. The van der Waals surface area contributed by atoms with Crippen molar-refractivity contribution in [2.24, 2.45) is 5.92 Å². The lowest BCUT2D eigenvalue weighted by Crippen LogP contribution is -2.52. The Labute approximate surface area is 763 Å². The minimum atomic E-state index is -0.614. The van der Waals surface area contributed by atoms with E-state index in [1.807, 2.05) is 129 Å². The molecule has 38 nitrogen and oxygen atoms in total. The van der Waals surface area contributed by atoms with Gasteiger partial charge in [0.25, 0.3) is 0 Å². The van der Waals surface area contributed by atoms with Gasteiger partial charge in [-0.1, -0.05) is 61.8 Å². The van der Waals surface area contributed by atoms with E-state index in [1.165, 1.54) is 45.1 Å². The summed E-state index contributed by atoms with van der Waals surface area (Å²) in [6.45, 7) is 39.7. The van der Waals surface area contributed by atoms with Crippen LogP contribution in [-0.2, 0) is 9.59 Å². The predicted molar refractivity (Wildman–Crippen MR) is 520 cm³/mol. The van der Waals surface area contributed by atoms with Gasteiger partial charge in [0.05, 0.1) is 69.0 Å². The molecule has 6 aliphatic heterocycles. The quantitative estimate of drug-likeness (QED) is 0.0445. The first-order chi connectivity index (χ1) is 64.7. The number of aromatic nitrogens is 24. The highest BCUT2D eigenvalue weighted by Gasteiger charge is 2.35. The Bertz CT molecular complexity index is 6940. The molecule has 7 N–H and O–H groups in total. The lowest BCUT2D eigenvalue weighted by Gasteiger charge is -2.36. The number of imidazole rings is 6. The Kier molecular flexibility index (Phi) is 25.9. The standard InChI is InChI=1S/C18H25N5O.C16H20N6O.C16H22N6.C15H18N6O.C15H20N6.C14H18N6/c1-3-13-5-4-9-22(10-7-13)23-16-14-6-8-19-17(14)20-11-15(16)21-18(23)12(2)24;1-3-11-8-20(14(23)4-2)10-22(11)21-9-19-13-7-18-16-12(15(13)21)5-6-17-16;1-3-7-20-9-12(4-2)22(11-20)21-10-19-14-8-18-16-13(15(14)21)5-6-17-16;1-2-13(22)19-5-7-20(8-6-19)21-10-18-12-9-17-15-11(14(12)21)3-4-16-15;1-2-5-19-6-8-20(9-7-19)21-11-18-13-10-17-15-12(14(13)21)3-4-16-15;1-2-18-5-7-19(8-6-18)20-10-17-12-9-16-14-11(13(12)20)3-4-15-14/h6,8,11-13,24H,3-5,7,9-10H2,1-2H3,(H,19,20);5-7,9,11H,3-4,8,10H2,1-2H3,(H,17,18);5-6,8,10,12H,3-4,7,9,11H2,1-2H3,(H,17,18);3-4,9-10H,2,5-8H2,1H3,(H,16,17);3-4,10-11H,2,5-9H2,1H3,(H,16,17);3-4,9-10H,2,5-8H2,1H3,(H,15,16)/t12-,13?;;;;;/m1...../s1. The van der Waals surface area contributed by atoms with Crippen LogP contribution in [0.2, 0.25) is 0 Å². The summed E-state index contributed by atoms with van der Waals surface area (Å²) < 4.78 is 13.0. The summed E-state index contributed by atoms with van der Waals surface area (Å²) in [6.07, 6.45) is 41.8. The van der Waals surface area contributed by atoms with Gasteiger partial charge < -0.3 is 64.8 Å². The summed E-state index contributed by atoms with van der Waals surface area (Å²) in [6, 6.07) is 13.2. The second-order valence-corrected chi connectivity index (χ2v) is 35.2. The van der Waals surface area contributed by atoms with Crippen molar-refractivity contribution in [3.63, 3.8) is 0 Å². The highest BCUT2D eigenvalue weighted by Crippen LogP contribution is 2.34. The van der Waals surface area contributed by atoms with Crippen molar-refractivity contribution >= 4 is 144 Å². The molecule has 0 bridgehead atoms. The Morgan fingerprint density at radius 2 is 0.735 bits per heavy atom. The van der Waals surface area contributed by atoms with E-state index in [2.05, 4.69) is 222 Å². The number of aliphatic hydroxyl groups excluding tert-OH is 1. The van der Waals surface area contributed by atoms with Gasteiger partial charge in [0.1, 0.15) is 144 Å². The lowest BCUT2D eigenvalue weighted by atomic mass is 9.98. The van der Waals surface area contributed by atoms with Gasteiger partial charge in [0, 0.05) is 174 Å². The predicted octanol–water partition coefficient (Wildman–Crippen LogP) is 11.1. The van der Waals surface area contributed by atoms with Gasteiger partial charge in [0.15, 0.2) is 5.82 Å². The van der Waals surface area contributed by atoms with Gasteiger partial charge in [-0.15, -0.1) is 0 Å². The normalized spacial score (nSPS) is 18.2. The fourth-order valence-electron chi connectivity index (χ4n) is 20.1. The van der Waals surface area contributed by atoms with Crippen LogP contribution in [0.25, 0.3) is 132 Å². The molecular formula is C94H123N35O3. The fraction of sp³-hybridized carbons (Fsp3) is 0.468. The van der Waals surface area contributed by atoms with Crippen LogP contribution in [-0.4, -0.2) is 309 Å². The summed E-state index contributed by atoms with van der Waals surface area (Å²) in [7, 11) is 0. The van der Waals surface area contributed by atoms with Gasteiger partial charge in [-0.2, -0.15) is 0 Å². The van der Waals surface area contributed by atoms with Crippen molar-refractivity contribution in [1.82, 2.24) is 142 Å². The van der Waals surface area contributed by atoms with E-state index in [-0.39, 0.29) is 11.8 Å². The van der Waals surface area contributed by atoms with Crippen molar-refractivity contribution in [3.8, 4) is 0 Å². The van der Waals surface area contributed by atoms with E-state index in [1.54, 1.807) is 25.5 Å². The zero-order valence-corrected chi connectivity index (χ0v) is 77.2. The van der Waals surface area contributed by atoms with Gasteiger partial charge >= 0.3 is 0 Å². The molecular weight excluding hydrogens is 1670 g/mol. The Balaban J connectivity index is 0.000000102. The number of nitrogens with zero attached hydrogens (tertiary/aromatic N) is 29. The van der Waals surface area contributed by atoms with E-state index in [9.17, 15) is 14.7 Å². The van der Waals surface area contributed by atoms with Crippen LogP contribution in [0.5, 0.6) is 0 Å². The maximum absolute atomic E-state index is 12.1. The summed E-state index contributed by atoms with van der Waals surface area (Å²) in [5.41, 5.74) is 17.4. The van der Waals surface area contributed by atoms with Crippen LogP contribution < -0.4 is 30.1 Å². The first-order valence-electron chi connectivity index (χ1n) is 47.5. The number of likely N-dealkylation sites (N-methyl/N-ethyl adjacent to an activating group) is 1. The number of hydrogen-bond donors (Lipinski definition) is 7. The molecule has 38 heteroatoms. The average molecular weight is 1790 g/mol. The van der Waals surface area contributed by atoms with E-state index in [0.29, 0.717) is 37.4 Å². The smallest absolute Gasteiger partial charge is 0.223 e. The number of amides is 2. The Morgan fingerprint density at radius 3 is 1.13 bits per heavy atom. The van der Waals surface area contributed by atoms with Gasteiger partial charge in [-0.3, -0.25) is 34.3 Å². The molecule has 0 saturated carbocycles. The lowest BCUT2D eigenvalue weighted by molar-refractivity contribution is -0.131. The first-order valence-corrected chi connectivity index (χ1v) is 47.5. The maximum atomic E-state index is 12.1. The molecule has 2 amide bonds. The van der Waals surface area contributed by atoms with E-state index >= 15 is 0 Å². The van der Waals surface area contributed by atoms with Crippen molar-refractivity contribution in [1.29, 1.82) is 0 Å². The highest BCUT2D eigenvalue weighted by molar-refractivity contribution is 6.05. The van der Waals surface area contributed by atoms with E-state index in [4.69, 9.17) is 0 Å². The third kappa shape index (κ3) is 17.2. The topological polar surface area (TPSA) is 369 Å². The van der Waals surface area contributed by atoms with Crippen LogP contribution in [0, 0.1) is 5.92 Å². The SMILES string of the molecule is CCC(=O)N1CC(CC)N(n2cnc3cnc4[nH]ccc4c32)C1.CCC(=O)N1CCN(n2cnc3cnc4[nH]ccc4c32)CC1.CCC1CCCN(n2c([C@@H](C)O)nc3cnc4[nH]ccc4c32)CC1.CCCN1CC(CC)N(n2cnc3cnc4[nH]ccc4c32)C1.CCCN1CCN(n2cnc3cnc4[nH]ccc4c32)CC1.CCN1CCN(n2cnc3cnc4[nH]ccc4c32)CC1. The minimum Gasteiger partial charge on any atom is -0.385 e. The zero-order valence-electron chi connectivity index (χ0n) is 77.2. The zero-order chi connectivity index (χ0) is 90.6. The molecule has 0 aromatic carbocycles. The number of nitrogens with one attached hydrogen (secondary N) is 6. The van der Waals surface area contributed by atoms with Gasteiger partial charge in [-0.25, -0.2) is 87.9 Å². The Morgan fingerprint density at radius 1 is 0.371 bits per heavy atom. The molecule has 3 unspecified atom stereocenters. The number of carbonyl (C=O) groups is 2.